The number of piperidine rings is 1. The molecule has 0 bridgehead atoms. The van der Waals surface area contributed by atoms with Gasteiger partial charge in [0.2, 0.25) is 6.10 Å². The summed E-state index contributed by atoms with van der Waals surface area (Å²) >= 11 is 0. The molecule has 0 saturated carbocycles. The summed E-state index contributed by atoms with van der Waals surface area (Å²) in [6.45, 7) is 5.62. The quantitative estimate of drug-likeness (QED) is 0.862. The van der Waals surface area contributed by atoms with Gasteiger partial charge in [-0.3, -0.25) is 9.69 Å². The number of nitrogens with one attached hydrogen (secondary N) is 1. The fourth-order valence-corrected chi connectivity index (χ4v) is 3.93. The minimum absolute atomic E-state index is 0.144. The number of nitrogens with zero attached hydrogens (tertiary/aromatic N) is 1. The molecule has 2 aromatic rings. The topological polar surface area (TPSA) is 50.8 Å². The van der Waals surface area contributed by atoms with E-state index in [0.29, 0.717) is 18.0 Å². The third kappa shape index (κ3) is 4.30. The van der Waals surface area contributed by atoms with Gasteiger partial charge < -0.3 is 14.8 Å². The number of hydrogen-bond acceptors (Lipinski definition) is 4. The summed E-state index contributed by atoms with van der Waals surface area (Å²) in [6.07, 6.45) is 2.90. The van der Waals surface area contributed by atoms with Crippen LogP contribution in [0.5, 0.6) is 11.5 Å². The maximum Gasteiger partial charge on any atom is 0.265 e. The minimum Gasteiger partial charge on any atom is -0.482 e. The largest absolute Gasteiger partial charge is 0.482 e. The van der Waals surface area contributed by atoms with Crippen molar-refractivity contribution in [3.63, 3.8) is 0 Å². The fourth-order valence-electron chi connectivity index (χ4n) is 3.93. The van der Waals surface area contributed by atoms with Gasteiger partial charge in [-0.2, -0.15) is 0 Å². The molecule has 1 N–H and O–H groups in total. The molecule has 28 heavy (non-hydrogen) atoms. The van der Waals surface area contributed by atoms with Gasteiger partial charge in [-0.25, -0.2) is 0 Å². The standard InChI is InChI=1S/C23H28N2O3/c1-17-22(28-21-12-6-5-11-20(21)27-17)23(26)24-15-18-9-3-4-10-19(18)16-25-13-7-2-8-14-25/h3-6,9-12,17,22H,2,7-8,13-16H2,1H3,(H,24,26). The Morgan fingerprint density at radius 3 is 2.36 bits per heavy atom. The Balaban J connectivity index is 1.38. The number of benzene rings is 2. The maximum atomic E-state index is 12.8. The molecule has 0 aliphatic carbocycles. The van der Waals surface area contributed by atoms with E-state index in [9.17, 15) is 4.79 Å². The summed E-state index contributed by atoms with van der Waals surface area (Å²) in [5.74, 6) is 1.16. The van der Waals surface area contributed by atoms with Crippen LogP contribution in [0.1, 0.15) is 37.3 Å². The second-order valence-corrected chi connectivity index (χ2v) is 7.63. The van der Waals surface area contributed by atoms with E-state index in [4.69, 9.17) is 9.47 Å². The lowest BCUT2D eigenvalue weighted by atomic mass is 10.0. The van der Waals surface area contributed by atoms with E-state index in [1.807, 2.05) is 37.3 Å². The van der Waals surface area contributed by atoms with Gasteiger partial charge in [0.1, 0.15) is 6.10 Å². The van der Waals surface area contributed by atoms with Crippen molar-refractivity contribution in [3.8, 4) is 11.5 Å². The second kappa shape index (κ2) is 8.65. The van der Waals surface area contributed by atoms with Crippen LogP contribution < -0.4 is 14.8 Å². The van der Waals surface area contributed by atoms with Crippen LogP contribution in [0.25, 0.3) is 0 Å². The van der Waals surface area contributed by atoms with Crippen molar-refractivity contribution in [2.24, 2.45) is 0 Å². The first-order valence-corrected chi connectivity index (χ1v) is 10.2. The van der Waals surface area contributed by atoms with Gasteiger partial charge in [-0.15, -0.1) is 0 Å². The van der Waals surface area contributed by atoms with Crippen LogP contribution in [0, 0.1) is 0 Å². The molecule has 5 nitrogen and oxygen atoms in total. The van der Waals surface area contributed by atoms with Crippen LogP contribution in [0.4, 0.5) is 0 Å². The number of carbonyl (C=O) groups excluding carboxylic acids is 1. The average molecular weight is 380 g/mol. The van der Waals surface area contributed by atoms with E-state index in [2.05, 4.69) is 28.4 Å². The highest BCUT2D eigenvalue weighted by Gasteiger charge is 2.33. The summed E-state index contributed by atoms with van der Waals surface area (Å²) in [6, 6.07) is 15.8. The molecule has 5 heteroatoms. The normalized spacial score (nSPS) is 21.9. The predicted octanol–water partition coefficient (Wildman–Crippen LogP) is 3.52. The van der Waals surface area contributed by atoms with E-state index in [1.165, 1.54) is 24.8 Å². The number of para-hydroxylation sites is 2. The van der Waals surface area contributed by atoms with Crippen LogP contribution in [0.2, 0.25) is 0 Å². The fraction of sp³-hybridized carbons (Fsp3) is 0.435. The number of likely N-dealkylation sites (tertiary alicyclic amines) is 1. The predicted molar refractivity (Wildman–Crippen MR) is 108 cm³/mol. The Labute approximate surface area is 166 Å². The molecule has 2 heterocycles. The Hall–Kier alpha value is -2.53. The van der Waals surface area contributed by atoms with Crippen molar-refractivity contribution >= 4 is 5.91 Å². The monoisotopic (exact) mass is 380 g/mol. The number of ether oxygens (including phenoxy) is 2. The van der Waals surface area contributed by atoms with Crippen molar-refractivity contribution in [1.29, 1.82) is 0 Å². The number of carbonyl (C=O) groups is 1. The smallest absolute Gasteiger partial charge is 0.265 e. The number of hydrogen-bond donors (Lipinski definition) is 1. The Morgan fingerprint density at radius 1 is 0.964 bits per heavy atom. The first-order valence-electron chi connectivity index (χ1n) is 10.2. The second-order valence-electron chi connectivity index (χ2n) is 7.63. The molecule has 1 saturated heterocycles. The molecule has 0 spiro atoms. The molecule has 2 unspecified atom stereocenters. The zero-order chi connectivity index (χ0) is 19.3. The molecule has 1 fully saturated rings. The first-order chi connectivity index (χ1) is 13.7. The third-order valence-electron chi connectivity index (χ3n) is 5.51. The lowest BCUT2D eigenvalue weighted by Crippen LogP contribution is -2.48. The van der Waals surface area contributed by atoms with Crippen LogP contribution in [0.15, 0.2) is 48.5 Å². The Bertz CT molecular complexity index is 817. The molecule has 148 valence electrons. The van der Waals surface area contributed by atoms with E-state index in [1.54, 1.807) is 0 Å². The SMILES string of the molecule is CC1Oc2ccccc2OC1C(=O)NCc1ccccc1CN1CCCCC1. The van der Waals surface area contributed by atoms with Gasteiger partial charge in [0.15, 0.2) is 11.5 Å². The highest BCUT2D eigenvalue weighted by atomic mass is 16.6. The van der Waals surface area contributed by atoms with Crippen molar-refractivity contribution < 1.29 is 14.3 Å². The summed E-state index contributed by atoms with van der Waals surface area (Å²) in [5, 5.41) is 3.05. The molecule has 2 aliphatic rings. The van der Waals surface area contributed by atoms with Crippen molar-refractivity contribution in [2.75, 3.05) is 13.1 Å². The average Bonchev–Trinajstić information content (AvgIpc) is 2.73. The summed E-state index contributed by atoms with van der Waals surface area (Å²) in [5.41, 5.74) is 2.44. The highest BCUT2D eigenvalue weighted by molar-refractivity contribution is 5.82. The molecule has 1 amide bonds. The Morgan fingerprint density at radius 2 is 1.61 bits per heavy atom. The number of amides is 1. The summed E-state index contributed by atoms with van der Waals surface area (Å²) in [7, 11) is 0. The van der Waals surface area contributed by atoms with Gasteiger partial charge in [-0.1, -0.05) is 42.8 Å². The number of rotatable bonds is 5. The van der Waals surface area contributed by atoms with Crippen LogP contribution in [-0.4, -0.2) is 36.1 Å². The Kier molecular flexibility index (Phi) is 5.81. The van der Waals surface area contributed by atoms with Gasteiger partial charge in [0, 0.05) is 13.1 Å². The van der Waals surface area contributed by atoms with E-state index >= 15 is 0 Å². The number of fused-ring (bicyclic) bond motifs is 1. The summed E-state index contributed by atoms with van der Waals surface area (Å²) in [4.78, 5) is 15.3. The molecule has 0 aromatic heterocycles. The highest BCUT2D eigenvalue weighted by Crippen LogP contribution is 2.33. The third-order valence-corrected chi connectivity index (χ3v) is 5.51. The lowest BCUT2D eigenvalue weighted by molar-refractivity contribution is -0.133. The van der Waals surface area contributed by atoms with Gasteiger partial charge >= 0.3 is 0 Å². The van der Waals surface area contributed by atoms with Crippen LogP contribution in [0.3, 0.4) is 0 Å². The van der Waals surface area contributed by atoms with E-state index < -0.39 is 6.10 Å². The molecule has 0 radical (unpaired) electrons. The van der Waals surface area contributed by atoms with Crippen molar-refractivity contribution in [2.45, 2.75) is 51.5 Å². The van der Waals surface area contributed by atoms with Crippen molar-refractivity contribution in [3.05, 3.63) is 59.7 Å². The molecule has 2 aliphatic heterocycles. The zero-order valence-corrected chi connectivity index (χ0v) is 16.4. The van der Waals surface area contributed by atoms with Gasteiger partial charge in [0.25, 0.3) is 5.91 Å². The maximum absolute atomic E-state index is 12.8. The van der Waals surface area contributed by atoms with E-state index in [-0.39, 0.29) is 12.0 Å². The van der Waals surface area contributed by atoms with Gasteiger partial charge in [0.05, 0.1) is 0 Å². The van der Waals surface area contributed by atoms with Crippen LogP contribution >= 0.6 is 0 Å². The first kappa shape index (κ1) is 18.8. The lowest BCUT2D eigenvalue weighted by Gasteiger charge is -2.31. The van der Waals surface area contributed by atoms with Crippen molar-refractivity contribution in [1.82, 2.24) is 10.2 Å². The molecular formula is C23H28N2O3. The van der Waals surface area contributed by atoms with Gasteiger partial charge in [-0.05, 0) is 56.1 Å². The van der Waals surface area contributed by atoms with E-state index in [0.717, 1.165) is 25.2 Å². The summed E-state index contributed by atoms with van der Waals surface area (Å²) < 4.78 is 11.8. The molecule has 4 rings (SSSR count). The zero-order valence-electron chi connectivity index (χ0n) is 16.4. The van der Waals surface area contributed by atoms with Crippen LogP contribution in [-0.2, 0) is 17.9 Å². The minimum atomic E-state index is -0.649. The molecule has 2 aromatic carbocycles. The molecule has 2 atom stereocenters. The molecular weight excluding hydrogens is 352 g/mol.